The topological polar surface area (TPSA) is 83.8 Å². The summed E-state index contributed by atoms with van der Waals surface area (Å²) in [5.41, 5.74) is 9.37. The van der Waals surface area contributed by atoms with Crippen molar-refractivity contribution in [2.75, 3.05) is 13.1 Å². The Balaban J connectivity index is 1.97. The van der Waals surface area contributed by atoms with E-state index in [-0.39, 0.29) is 5.91 Å². The molecule has 8 heteroatoms. The number of carbonyl (C=O) groups excluding carboxylic acids is 1. The fourth-order valence-corrected chi connectivity index (χ4v) is 4.12. The average molecular weight is 570 g/mol. The molecule has 1 amide bonds. The second kappa shape index (κ2) is 7.98. The molecular formula is C20H15BrClIN4O. The van der Waals surface area contributed by atoms with Crippen LogP contribution in [0.25, 0.3) is 33.1 Å². The number of nitrogens with zero attached hydrogens (tertiary/aromatic N) is 1. The van der Waals surface area contributed by atoms with Crippen molar-refractivity contribution in [3.63, 3.8) is 0 Å². The molecule has 2 aromatic carbocycles. The van der Waals surface area contributed by atoms with Crippen molar-refractivity contribution in [3.05, 3.63) is 61.2 Å². The van der Waals surface area contributed by atoms with E-state index >= 15 is 0 Å². The number of aromatic amines is 1. The molecule has 2 heterocycles. The SMILES string of the molecule is NCCNC(=O)c1cc(-c2c[nH]c3ccc(Br)cc23)nc2cc(Cl)c(I)cc12. The largest absolute Gasteiger partial charge is 0.360 e. The monoisotopic (exact) mass is 568 g/mol. The van der Waals surface area contributed by atoms with Crippen LogP contribution in [0.5, 0.6) is 0 Å². The van der Waals surface area contributed by atoms with Crippen LogP contribution in [0.1, 0.15) is 10.4 Å². The van der Waals surface area contributed by atoms with Gasteiger partial charge >= 0.3 is 0 Å². The van der Waals surface area contributed by atoms with Gasteiger partial charge in [-0.15, -0.1) is 0 Å². The fourth-order valence-electron chi connectivity index (χ4n) is 3.13. The molecule has 0 saturated carbocycles. The molecule has 0 bridgehead atoms. The summed E-state index contributed by atoms with van der Waals surface area (Å²) >= 11 is 12.0. The summed E-state index contributed by atoms with van der Waals surface area (Å²) in [6.07, 6.45) is 1.90. The van der Waals surface area contributed by atoms with Crippen LogP contribution in [0, 0.1) is 3.57 Å². The van der Waals surface area contributed by atoms with E-state index in [0.717, 1.165) is 29.9 Å². The lowest BCUT2D eigenvalue weighted by Crippen LogP contribution is -2.29. The maximum atomic E-state index is 12.8. The Hall–Kier alpha value is -1.68. The maximum absolute atomic E-state index is 12.8. The molecule has 4 rings (SSSR count). The Morgan fingerprint density at radius 1 is 1.25 bits per heavy atom. The van der Waals surface area contributed by atoms with Gasteiger partial charge in [-0.05, 0) is 59.0 Å². The van der Waals surface area contributed by atoms with E-state index in [9.17, 15) is 4.79 Å². The number of halogens is 3. The first-order chi connectivity index (χ1) is 13.5. The number of aromatic nitrogens is 2. The molecule has 0 spiro atoms. The van der Waals surface area contributed by atoms with Gasteiger partial charge in [0.2, 0.25) is 0 Å². The predicted octanol–water partition coefficient (Wildman–Crippen LogP) is 5.09. The summed E-state index contributed by atoms with van der Waals surface area (Å²) in [7, 11) is 0. The summed E-state index contributed by atoms with van der Waals surface area (Å²) in [5, 5.41) is 5.23. The molecule has 4 aromatic rings. The highest BCUT2D eigenvalue weighted by atomic mass is 127. The number of hydrogen-bond acceptors (Lipinski definition) is 3. The summed E-state index contributed by atoms with van der Waals surface area (Å²) in [6, 6.07) is 11.5. The zero-order chi connectivity index (χ0) is 19.8. The van der Waals surface area contributed by atoms with E-state index < -0.39 is 0 Å². The highest BCUT2D eigenvalue weighted by Gasteiger charge is 2.17. The van der Waals surface area contributed by atoms with Crippen molar-refractivity contribution in [1.29, 1.82) is 0 Å². The lowest BCUT2D eigenvalue weighted by molar-refractivity contribution is 0.0956. The normalized spacial score (nSPS) is 11.3. The Morgan fingerprint density at radius 3 is 2.86 bits per heavy atom. The van der Waals surface area contributed by atoms with E-state index in [2.05, 4.69) is 48.8 Å². The Morgan fingerprint density at radius 2 is 2.07 bits per heavy atom. The molecule has 0 saturated heterocycles. The third-order valence-electron chi connectivity index (χ3n) is 4.45. The highest BCUT2D eigenvalue weighted by Crippen LogP contribution is 2.33. The first-order valence-corrected chi connectivity index (χ1v) is 10.8. The molecule has 5 nitrogen and oxygen atoms in total. The number of fused-ring (bicyclic) bond motifs is 2. The number of nitrogens with one attached hydrogen (secondary N) is 2. The molecular weight excluding hydrogens is 555 g/mol. The molecule has 0 aliphatic heterocycles. The number of H-pyrrole nitrogens is 1. The number of hydrogen-bond donors (Lipinski definition) is 3. The molecule has 0 fully saturated rings. The summed E-state index contributed by atoms with van der Waals surface area (Å²) in [5.74, 6) is -0.182. The summed E-state index contributed by atoms with van der Waals surface area (Å²) < 4.78 is 1.84. The number of rotatable bonds is 4. The van der Waals surface area contributed by atoms with Crippen LogP contribution in [-0.4, -0.2) is 29.0 Å². The highest BCUT2D eigenvalue weighted by molar-refractivity contribution is 14.1. The van der Waals surface area contributed by atoms with Gasteiger partial charge in [0.05, 0.1) is 21.8 Å². The Kier molecular flexibility index (Phi) is 5.59. The molecule has 4 N–H and O–H groups in total. The van der Waals surface area contributed by atoms with E-state index in [0.29, 0.717) is 34.9 Å². The molecule has 0 atom stereocenters. The quantitative estimate of drug-likeness (QED) is 0.300. The number of pyridine rings is 1. The number of amides is 1. The lowest BCUT2D eigenvalue weighted by atomic mass is 10.0. The van der Waals surface area contributed by atoms with Crippen molar-refractivity contribution in [3.8, 4) is 11.3 Å². The van der Waals surface area contributed by atoms with Crippen LogP contribution in [0.3, 0.4) is 0 Å². The first kappa shape index (κ1) is 19.6. The Labute approximate surface area is 188 Å². The van der Waals surface area contributed by atoms with Gasteiger partial charge in [0.1, 0.15) is 0 Å². The van der Waals surface area contributed by atoms with Crippen molar-refractivity contribution < 1.29 is 4.79 Å². The minimum absolute atomic E-state index is 0.182. The van der Waals surface area contributed by atoms with Gasteiger partial charge in [-0.25, -0.2) is 4.98 Å². The fraction of sp³-hybridized carbons (Fsp3) is 0.100. The van der Waals surface area contributed by atoms with Gasteiger partial charge in [0, 0.05) is 49.2 Å². The first-order valence-electron chi connectivity index (χ1n) is 8.53. The van der Waals surface area contributed by atoms with Crippen molar-refractivity contribution in [1.82, 2.24) is 15.3 Å². The van der Waals surface area contributed by atoms with Gasteiger partial charge in [-0.2, -0.15) is 0 Å². The van der Waals surface area contributed by atoms with Crippen LogP contribution in [0.4, 0.5) is 0 Å². The standard InChI is InChI=1S/C20H15BrClIN4O/c21-10-1-2-17-11(5-10)14(9-26-17)18-7-13(20(28)25-4-3-24)12-6-16(23)15(22)8-19(12)27-18/h1-2,5-9,26H,3-4,24H2,(H,25,28). The van der Waals surface area contributed by atoms with Crippen LogP contribution in [-0.2, 0) is 0 Å². The van der Waals surface area contributed by atoms with Crippen LogP contribution < -0.4 is 11.1 Å². The van der Waals surface area contributed by atoms with Gasteiger partial charge in [-0.3, -0.25) is 4.79 Å². The average Bonchev–Trinajstić information content (AvgIpc) is 3.09. The number of carbonyl (C=O) groups is 1. The third-order valence-corrected chi connectivity index (χ3v) is 6.46. The predicted molar refractivity (Wildman–Crippen MR) is 126 cm³/mol. The minimum Gasteiger partial charge on any atom is -0.360 e. The second-order valence-corrected chi connectivity index (χ2v) is 8.76. The van der Waals surface area contributed by atoms with Gasteiger partial charge < -0.3 is 16.0 Å². The van der Waals surface area contributed by atoms with E-state index in [1.54, 1.807) is 6.07 Å². The van der Waals surface area contributed by atoms with Crippen molar-refractivity contribution in [2.24, 2.45) is 5.73 Å². The maximum Gasteiger partial charge on any atom is 0.252 e. The summed E-state index contributed by atoms with van der Waals surface area (Å²) in [6.45, 7) is 0.782. The zero-order valence-electron chi connectivity index (χ0n) is 14.5. The molecule has 0 aliphatic rings. The zero-order valence-corrected chi connectivity index (χ0v) is 19.0. The third kappa shape index (κ3) is 3.63. The molecule has 0 unspecified atom stereocenters. The molecule has 0 aliphatic carbocycles. The summed E-state index contributed by atoms with van der Waals surface area (Å²) in [4.78, 5) is 20.9. The van der Waals surface area contributed by atoms with E-state index in [1.165, 1.54) is 0 Å². The van der Waals surface area contributed by atoms with Gasteiger partial charge in [0.15, 0.2) is 0 Å². The van der Waals surface area contributed by atoms with Gasteiger partial charge in [-0.1, -0.05) is 27.5 Å². The number of nitrogens with two attached hydrogens (primary N) is 1. The van der Waals surface area contributed by atoms with Gasteiger partial charge in [0.25, 0.3) is 5.91 Å². The molecule has 0 radical (unpaired) electrons. The Bertz CT molecular complexity index is 1220. The lowest BCUT2D eigenvalue weighted by Gasteiger charge is -2.11. The minimum atomic E-state index is -0.182. The molecule has 142 valence electrons. The molecule has 28 heavy (non-hydrogen) atoms. The van der Waals surface area contributed by atoms with E-state index in [4.69, 9.17) is 22.3 Å². The van der Waals surface area contributed by atoms with Crippen molar-refractivity contribution >= 4 is 77.8 Å². The van der Waals surface area contributed by atoms with Crippen LogP contribution in [0.2, 0.25) is 5.02 Å². The van der Waals surface area contributed by atoms with E-state index in [1.807, 2.05) is 36.5 Å². The number of benzene rings is 2. The second-order valence-electron chi connectivity index (χ2n) is 6.28. The van der Waals surface area contributed by atoms with Crippen molar-refractivity contribution in [2.45, 2.75) is 0 Å². The van der Waals surface area contributed by atoms with Crippen LogP contribution in [0.15, 0.2) is 47.1 Å². The van der Waals surface area contributed by atoms with Crippen LogP contribution >= 0.6 is 50.1 Å². The smallest absolute Gasteiger partial charge is 0.252 e. The molecule has 2 aromatic heterocycles.